The maximum atomic E-state index is 10.6. The lowest BCUT2D eigenvalue weighted by atomic mass is 10.1. The average molecular weight is 171 g/mol. The molecule has 1 unspecified atom stereocenters. The topological polar surface area (TPSA) is 50.2 Å². The van der Waals surface area contributed by atoms with E-state index in [-0.39, 0.29) is 5.92 Å². The van der Waals surface area contributed by atoms with Crippen molar-refractivity contribution < 1.29 is 9.90 Å². The Labute approximate surface area is 68.8 Å². The Balaban J connectivity index is 2.79. The van der Waals surface area contributed by atoms with Gasteiger partial charge >= 0.3 is 5.97 Å². The van der Waals surface area contributed by atoms with Crippen molar-refractivity contribution in [1.82, 2.24) is 4.37 Å². The van der Waals surface area contributed by atoms with Crippen molar-refractivity contribution in [2.75, 3.05) is 0 Å². The van der Waals surface area contributed by atoms with Crippen LogP contribution < -0.4 is 0 Å². The van der Waals surface area contributed by atoms with Gasteiger partial charge in [-0.05, 0) is 24.0 Å². The van der Waals surface area contributed by atoms with Crippen molar-refractivity contribution in [2.45, 2.75) is 19.3 Å². The van der Waals surface area contributed by atoms with Crippen LogP contribution in [0.15, 0.2) is 12.3 Å². The third-order valence-corrected chi connectivity index (χ3v) is 2.37. The van der Waals surface area contributed by atoms with Gasteiger partial charge in [-0.25, -0.2) is 4.37 Å². The molecule has 60 valence electrons. The summed E-state index contributed by atoms with van der Waals surface area (Å²) in [5.74, 6) is -1.14. The van der Waals surface area contributed by atoms with Crippen LogP contribution in [0, 0.1) is 0 Å². The SMILES string of the molecule is CCC(C(=O)O)c1ccns1. The number of aliphatic carboxylic acids is 1. The van der Waals surface area contributed by atoms with Crippen LogP contribution in [0.4, 0.5) is 0 Å². The number of hydrogen-bond acceptors (Lipinski definition) is 3. The van der Waals surface area contributed by atoms with Crippen LogP contribution in [0.2, 0.25) is 0 Å². The van der Waals surface area contributed by atoms with E-state index in [0.29, 0.717) is 6.42 Å². The van der Waals surface area contributed by atoms with Crippen molar-refractivity contribution in [1.29, 1.82) is 0 Å². The van der Waals surface area contributed by atoms with E-state index in [0.717, 1.165) is 4.88 Å². The molecule has 3 nitrogen and oxygen atoms in total. The van der Waals surface area contributed by atoms with Crippen LogP contribution in [0.25, 0.3) is 0 Å². The third-order valence-electron chi connectivity index (χ3n) is 1.51. The molecular weight excluding hydrogens is 162 g/mol. The molecule has 1 N–H and O–H groups in total. The monoisotopic (exact) mass is 171 g/mol. The molecule has 0 bridgehead atoms. The van der Waals surface area contributed by atoms with Crippen molar-refractivity contribution >= 4 is 17.5 Å². The van der Waals surface area contributed by atoms with E-state index in [4.69, 9.17) is 5.11 Å². The first-order valence-electron chi connectivity index (χ1n) is 3.39. The van der Waals surface area contributed by atoms with Crippen molar-refractivity contribution in [2.24, 2.45) is 0 Å². The summed E-state index contributed by atoms with van der Waals surface area (Å²) in [6.45, 7) is 1.86. The summed E-state index contributed by atoms with van der Waals surface area (Å²) < 4.78 is 3.85. The van der Waals surface area contributed by atoms with Gasteiger partial charge in [0.15, 0.2) is 0 Å². The summed E-state index contributed by atoms with van der Waals surface area (Å²) in [6.07, 6.45) is 2.25. The van der Waals surface area contributed by atoms with Crippen LogP contribution in [0.5, 0.6) is 0 Å². The molecule has 0 fully saturated rings. The Morgan fingerprint density at radius 2 is 2.64 bits per heavy atom. The highest BCUT2D eigenvalue weighted by Crippen LogP contribution is 2.22. The zero-order valence-electron chi connectivity index (χ0n) is 6.15. The third kappa shape index (κ3) is 1.77. The number of carboxylic acid groups (broad SMARTS) is 1. The Kier molecular flexibility index (Phi) is 2.59. The van der Waals surface area contributed by atoms with E-state index in [9.17, 15) is 4.79 Å². The van der Waals surface area contributed by atoms with E-state index in [1.807, 2.05) is 6.92 Å². The summed E-state index contributed by atoms with van der Waals surface area (Å²) in [5, 5.41) is 8.72. The van der Waals surface area contributed by atoms with E-state index >= 15 is 0 Å². The van der Waals surface area contributed by atoms with Gasteiger partial charge in [0, 0.05) is 11.1 Å². The molecule has 4 heteroatoms. The van der Waals surface area contributed by atoms with E-state index in [1.165, 1.54) is 11.5 Å². The second kappa shape index (κ2) is 3.48. The molecule has 0 radical (unpaired) electrons. The first kappa shape index (κ1) is 8.20. The van der Waals surface area contributed by atoms with Gasteiger partial charge in [-0.15, -0.1) is 0 Å². The summed E-state index contributed by atoms with van der Waals surface area (Å²) in [4.78, 5) is 11.4. The van der Waals surface area contributed by atoms with Gasteiger partial charge in [-0.1, -0.05) is 6.92 Å². The number of rotatable bonds is 3. The quantitative estimate of drug-likeness (QED) is 0.753. The fourth-order valence-corrected chi connectivity index (χ4v) is 1.66. The second-order valence-electron chi connectivity index (χ2n) is 2.21. The minimum Gasteiger partial charge on any atom is -0.481 e. The predicted octanol–water partition coefficient (Wildman–Crippen LogP) is 1.72. The number of carboxylic acids is 1. The molecular formula is C7H9NO2S. The number of aromatic nitrogens is 1. The summed E-state index contributed by atoms with van der Waals surface area (Å²) in [6, 6.07) is 1.76. The van der Waals surface area contributed by atoms with Gasteiger partial charge in [0.05, 0.1) is 5.92 Å². The fraction of sp³-hybridized carbons (Fsp3) is 0.429. The molecule has 0 aromatic carbocycles. The molecule has 0 amide bonds. The van der Waals surface area contributed by atoms with E-state index in [2.05, 4.69) is 4.37 Å². The molecule has 1 heterocycles. The predicted molar refractivity (Wildman–Crippen MR) is 42.8 cm³/mol. The van der Waals surface area contributed by atoms with Crippen LogP contribution in [0.1, 0.15) is 24.1 Å². The van der Waals surface area contributed by atoms with Gasteiger partial charge in [0.2, 0.25) is 0 Å². The first-order valence-corrected chi connectivity index (χ1v) is 4.16. The van der Waals surface area contributed by atoms with Crippen molar-refractivity contribution in [3.05, 3.63) is 17.1 Å². The molecule has 11 heavy (non-hydrogen) atoms. The highest BCUT2D eigenvalue weighted by Gasteiger charge is 2.18. The maximum absolute atomic E-state index is 10.6. The second-order valence-corrected chi connectivity index (χ2v) is 3.08. The molecule has 0 aliphatic rings. The first-order chi connectivity index (χ1) is 5.25. The van der Waals surface area contributed by atoms with Crippen molar-refractivity contribution in [3.8, 4) is 0 Å². The van der Waals surface area contributed by atoms with Crippen molar-refractivity contribution in [3.63, 3.8) is 0 Å². The van der Waals surface area contributed by atoms with E-state index in [1.54, 1.807) is 12.3 Å². The van der Waals surface area contributed by atoms with Gasteiger partial charge in [0.1, 0.15) is 0 Å². The Morgan fingerprint density at radius 3 is 3.00 bits per heavy atom. The van der Waals surface area contributed by atoms with Crippen LogP contribution in [0.3, 0.4) is 0 Å². The highest BCUT2D eigenvalue weighted by molar-refractivity contribution is 7.05. The minimum absolute atomic E-state index is 0.373. The normalized spacial score (nSPS) is 12.8. The lowest BCUT2D eigenvalue weighted by Crippen LogP contribution is -2.08. The number of hydrogen-bond donors (Lipinski definition) is 1. The molecule has 0 saturated carbocycles. The van der Waals surface area contributed by atoms with Gasteiger partial charge < -0.3 is 5.11 Å². The molecule has 1 atom stereocenters. The minimum atomic E-state index is -0.767. The molecule has 0 spiro atoms. The molecule has 1 aromatic rings. The highest BCUT2D eigenvalue weighted by atomic mass is 32.1. The van der Waals surface area contributed by atoms with Gasteiger partial charge in [-0.3, -0.25) is 4.79 Å². The Hall–Kier alpha value is -0.900. The van der Waals surface area contributed by atoms with Gasteiger partial charge in [0.25, 0.3) is 0 Å². The largest absolute Gasteiger partial charge is 0.481 e. The lowest BCUT2D eigenvalue weighted by Gasteiger charge is -2.04. The molecule has 1 aromatic heterocycles. The molecule has 0 saturated heterocycles. The Bertz CT molecular complexity index is 233. The smallest absolute Gasteiger partial charge is 0.311 e. The number of nitrogens with zero attached hydrogens (tertiary/aromatic N) is 1. The maximum Gasteiger partial charge on any atom is 0.311 e. The average Bonchev–Trinajstić information content (AvgIpc) is 2.40. The zero-order valence-corrected chi connectivity index (χ0v) is 6.97. The zero-order chi connectivity index (χ0) is 8.27. The fourth-order valence-electron chi connectivity index (χ4n) is 0.903. The van der Waals surface area contributed by atoms with Crippen LogP contribution in [-0.4, -0.2) is 15.4 Å². The lowest BCUT2D eigenvalue weighted by molar-refractivity contribution is -0.138. The van der Waals surface area contributed by atoms with Gasteiger partial charge in [-0.2, -0.15) is 0 Å². The molecule has 0 aliphatic heterocycles. The molecule has 0 aliphatic carbocycles. The number of carbonyl (C=O) groups is 1. The van der Waals surface area contributed by atoms with Crippen LogP contribution >= 0.6 is 11.5 Å². The summed E-state index contributed by atoms with van der Waals surface area (Å²) in [7, 11) is 0. The Morgan fingerprint density at radius 1 is 1.91 bits per heavy atom. The van der Waals surface area contributed by atoms with Crippen LogP contribution in [-0.2, 0) is 4.79 Å². The standard InChI is InChI=1S/C7H9NO2S/c1-2-5(7(9)10)6-3-4-8-11-6/h3-5H,2H2,1H3,(H,9,10). The van der Waals surface area contributed by atoms with E-state index < -0.39 is 5.97 Å². The summed E-state index contributed by atoms with van der Waals surface area (Å²) >= 11 is 1.25. The molecule has 1 rings (SSSR count). The summed E-state index contributed by atoms with van der Waals surface area (Å²) in [5.41, 5.74) is 0.